The van der Waals surface area contributed by atoms with Gasteiger partial charge in [-0.3, -0.25) is 4.79 Å². The number of nitrogens with zero attached hydrogens (tertiary/aromatic N) is 2. The molecule has 0 aromatic heterocycles. The van der Waals surface area contributed by atoms with E-state index in [2.05, 4.69) is 0 Å². The molecule has 1 atom stereocenters. The number of carbonyl (C=O) groups excluding carboxylic acids is 1. The highest BCUT2D eigenvalue weighted by molar-refractivity contribution is 5.81. The number of halogens is 3. The quantitative estimate of drug-likeness (QED) is 0.826. The smallest absolute Gasteiger partial charge is 0.258 e. The van der Waals surface area contributed by atoms with E-state index in [-0.39, 0.29) is 43.7 Å². The largest absolute Gasteiger partial charge is 0.371 e. The number of hydrogen-bond acceptors (Lipinski definition) is 2. The molecule has 2 aliphatic heterocycles. The predicted octanol–water partition coefficient (Wildman–Crippen LogP) is 3.30. The zero-order valence-electron chi connectivity index (χ0n) is 13.5. The van der Waals surface area contributed by atoms with E-state index in [1.165, 1.54) is 12.1 Å². The average Bonchev–Trinajstić information content (AvgIpc) is 3.30. The van der Waals surface area contributed by atoms with Gasteiger partial charge in [-0.2, -0.15) is 0 Å². The summed E-state index contributed by atoms with van der Waals surface area (Å²) in [5.74, 6) is -3.08. The SMILES string of the molecule is O=C(C1CC1)N1CCC(F)(F)[C@]2(CCN(c3cccc(F)c3)C2)C1. The third kappa shape index (κ3) is 2.56. The van der Waals surface area contributed by atoms with Crippen molar-refractivity contribution in [2.24, 2.45) is 11.3 Å². The van der Waals surface area contributed by atoms with Crippen molar-refractivity contribution in [1.29, 1.82) is 0 Å². The second-order valence-corrected chi connectivity index (χ2v) is 7.42. The molecule has 1 spiro atoms. The van der Waals surface area contributed by atoms with E-state index < -0.39 is 11.3 Å². The maximum atomic E-state index is 14.7. The van der Waals surface area contributed by atoms with Crippen LogP contribution < -0.4 is 4.90 Å². The van der Waals surface area contributed by atoms with Gasteiger partial charge in [0.2, 0.25) is 5.91 Å². The highest BCUT2D eigenvalue weighted by Gasteiger charge is 2.60. The summed E-state index contributed by atoms with van der Waals surface area (Å²) in [7, 11) is 0. The Balaban J connectivity index is 1.56. The van der Waals surface area contributed by atoms with Crippen LogP contribution in [0.4, 0.5) is 18.9 Å². The third-order valence-electron chi connectivity index (χ3n) is 5.73. The molecule has 2 saturated heterocycles. The standard InChI is InChI=1S/C18H21F3N2O/c19-14-2-1-3-15(10-14)22-8-6-17(11-22)12-23(9-7-18(17,20)21)16(24)13-4-5-13/h1-3,10,13H,4-9,11-12H2/t17-/m0/s1. The molecule has 4 rings (SSSR count). The predicted molar refractivity (Wildman–Crippen MR) is 84.5 cm³/mol. The summed E-state index contributed by atoms with van der Waals surface area (Å²) in [5.41, 5.74) is -0.587. The summed E-state index contributed by atoms with van der Waals surface area (Å²) in [4.78, 5) is 15.8. The van der Waals surface area contributed by atoms with Gasteiger partial charge >= 0.3 is 0 Å². The number of hydrogen-bond donors (Lipinski definition) is 0. The van der Waals surface area contributed by atoms with Gasteiger partial charge in [-0.05, 0) is 37.5 Å². The summed E-state index contributed by atoms with van der Waals surface area (Å²) in [6, 6.07) is 6.07. The lowest BCUT2D eigenvalue weighted by molar-refractivity contribution is -0.169. The highest BCUT2D eigenvalue weighted by atomic mass is 19.3. The second-order valence-electron chi connectivity index (χ2n) is 7.42. The van der Waals surface area contributed by atoms with Gasteiger partial charge in [0.25, 0.3) is 5.92 Å². The number of benzene rings is 1. The monoisotopic (exact) mass is 338 g/mol. The number of piperidine rings is 1. The fraction of sp³-hybridized carbons (Fsp3) is 0.611. The van der Waals surface area contributed by atoms with Gasteiger partial charge in [0.15, 0.2) is 0 Å². The summed E-state index contributed by atoms with van der Waals surface area (Å²) < 4.78 is 42.9. The van der Waals surface area contributed by atoms with E-state index in [1.54, 1.807) is 17.0 Å². The molecular weight excluding hydrogens is 317 g/mol. The van der Waals surface area contributed by atoms with Crippen LogP contribution in [0.25, 0.3) is 0 Å². The van der Waals surface area contributed by atoms with Crippen molar-refractivity contribution in [2.45, 2.75) is 31.6 Å². The first-order valence-corrected chi connectivity index (χ1v) is 8.57. The Labute approximate surface area is 139 Å². The zero-order valence-corrected chi connectivity index (χ0v) is 13.5. The Bertz CT molecular complexity index is 661. The summed E-state index contributed by atoms with van der Waals surface area (Å²) in [6.45, 7) is 0.883. The third-order valence-corrected chi connectivity index (χ3v) is 5.73. The van der Waals surface area contributed by atoms with Crippen molar-refractivity contribution in [2.75, 3.05) is 31.1 Å². The number of carbonyl (C=O) groups is 1. The molecule has 1 aromatic rings. The normalized spacial score (nSPS) is 29.3. The topological polar surface area (TPSA) is 23.6 Å². The first-order valence-electron chi connectivity index (χ1n) is 8.57. The first kappa shape index (κ1) is 15.8. The van der Waals surface area contributed by atoms with Crippen molar-refractivity contribution in [3.63, 3.8) is 0 Å². The molecule has 0 bridgehead atoms. The van der Waals surface area contributed by atoms with Crippen molar-refractivity contribution < 1.29 is 18.0 Å². The highest BCUT2D eigenvalue weighted by Crippen LogP contribution is 2.51. The maximum Gasteiger partial charge on any atom is 0.258 e. The Hall–Kier alpha value is -1.72. The molecule has 0 unspecified atom stereocenters. The van der Waals surface area contributed by atoms with Gasteiger partial charge in [-0.15, -0.1) is 0 Å². The molecule has 0 radical (unpaired) electrons. The summed E-state index contributed by atoms with van der Waals surface area (Å²) >= 11 is 0. The van der Waals surface area contributed by atoms with Crippen LogP contribution in [0, 0.1) is 17.2 Å². The van der Waals surface area contributed by atoms with E-state index in [0.29, 0.717) is 18.7 Å². The molecule has 24 heavy (non-hydrogen) atoms. The molecule has 3 nitrogen and oxygen atoms in total. The van der Waals surface area contributed by atoms with Crippen LogP contribution in [0.5, 0.6) is 0 Å². The van der Waals surface area contributed by atoms with Gasteiger partial charge < -0.3 is 9.80 Å². The van der Waals surface area contributed by atoms with Crippen LogP contribution in [0.3, 0.4) is 0 Å². The van der Waals surface area contributed by atoms with Crippen LogP contribution in [0.2, 0.25) is 0 Å². The second kappa shape index (κ2) is 5.39. The van der Waals surface area contributed by atoms with E-state index in [4.69, 9.17) is 0 Å². The maximum absolute atomic E-state index is 14.7. The van der Waals surface area contributed by atoms with Gasteiger partial charge in [-0.25, -0.2) is 13.2 Å². The number of amides is 1. The Kier molecular flexibility index (Phi) is 3.55. The first-order chi connectivity index (χ1) is 11.4. The van der Waals surface area contributed by atoms with Gasteiger partial charge in [0.05, 0.1) is 5.41 Å². The molecule has 1 saturated carbocycles. The fourth-order valence-electron chi connectivity index (χ4n) is 4.07. The average molecular weight is 338 g/mol. The van der Waals surface area contributed by atoms with Crippen LogP contribution in [0.1, 0.15) is 25.7 Å². The van der Waals surface area contributed by atoms with Crippen LogP contribution in [-0.2, 0) is 4.79 Å². The minimum absolute atomic E-state index is 0.0362. The molecule has 6 heteroatoms. The van der Waals surface area contributed by atoms with E-state index in [1.807, 2.05) is 4.90 Å². The van der Waals surface area contributed by atoms with Crippen molar-refractivity contribution in [3.05, 3.63) is 30.1 Å². The van der Waals surface area contributed by atoms with Crippen LogP contribution in [-0.4, -0.2) is 42.9 Å². The van der Waals surface area contributed by atoms with Crippen molar-refractivity contribution in [1.82, 2.24) is 4.90 Å². The Morgan fingerprint density at radius 1 is 1.12 bits per heavy atom. The van der Waals surface area contributed by atoms with Crippen LogP contribution >= 0.6 is 0 Å². The molecule has 2 heterocycles. The van der Waals surface area contributed by atoms with E-state index in [9.17, 15) is 18.0 Å². The van der Waals surface area contributed by atoms with Gasteiger partial charge in [-0.1, -0.05) is 6.07 Å². The number of likely N-dealkylation sites (tertiary alicyclic amines) is 1. The lowest BCUT2D eigenvalue weighted by Crippen LogP contribution is -2.58. The summed E-state index contributed by atoms with van der Waals surface area (Å²) in [5, 5.41) is 0. The molecule has 1 aliphatic carbocycles. The van der Waals surface area contributed by atoms with Crippen LogP contribution in [0.15, 0.2) is 24.3 Å². The molecule has 3 fully saturated rings. The Morgan fingerprint density at radius 2 is 1.92 bits per heavy atom. The molecule has 1 aromatic carbocycles. The Morgan fingerprint density at radius 3 is 2.62 bits per heavy atom. The fourth-order valence-corrected chi connectivity index (χ4v) is 4.07. The van der Waals surface area contributed by atoms with Crippen molar-refractivity contribution >= 4 is 11.6 Å². The van der Waals surface area contributed by atoms with Crippen molar-refractivity contribution in [3.8, 4) is 0 Å². The molecule has 130 valence electrons. The number of rotatable bonds is 2. The number of anilines is 1. The molecule has 1 amide bonds. The minimum atomic E-state index is -2.80. The zero-order chi connectivity index (χ0) is 16.9. The number of alkyl halides is 2. The lowest BCUT2D eigenvalue weighted by atomic mass is 9.75. The molecule has 3 aliphatic rings. The van der Waals surface area contributed by atoms with E-state index >= 15 is 0 Å². The summed E-state index contributed by atoms with van der Waals surface area (Å²) in [6.07, 6.45) is 1.82. The molecule has 0 N–H and O–H groups in total. The lowest BCUT2D eigenvalue weighted by Gasteiger charge is -2.46. The van der Waals surface area contributed by atoms with Gasteiger partial charge in [0, 0.05) is 44.2 Å². The van der Waals surface area contributed by atoms with E-state index in [0.717, 1.165) is 12.8 Å². The minimum Gasteiger partial charge on any atom is -0.371 e. The van der Waals surface area contributed by atoms with Gasteiger partial charge in [0.1, 0.15) is 5.82 Å². The molecular formula is C18H21F3N2O.